The maximum atomic E-state index is 13.3. The van der Waals surface area contributed by atoms with E-state index < -0.39 is 0 Å². The summed E-state index contributed by atoms with van der Waals surface area (Å²) in [5.74, 6) is -0.186. The molecule has 0 aliphatic heterocycles. The molecular formula is C12H11ClFNS. The van der Waals surface area contributed by atoms with Gasteiger partial charge in [0, 0.05) is 22.7 Å². The second-order valence-electron chi connectivity index (χ2n) is 3.47. The van der Waals surface area contributed by atoms with Crippen LogP contribution in [0.25, 0.3) is 0 Å². The largest absolute Gasteiger partial charge is 0.380 e. The van der Waals surface area contributed by atoms with Gasteiger partial charge < -0.3 is 5.32 Å². The third kappa shape index (κ3) is 2.54. The minimum atomic E-state index is -0.186. The van der Waals surface area contributed by atoms with E-state index in [1.165, 1.54) is 17.4 Å². The molecule has 1 N–H and O–H groups in total. The smallest absolute Gasteiger partial charge is 0.128 e. The van der Waals surface area contributed by atoms with E-state index in [1.807, 2.05) is 18.2 Å². The highest BCUT2D eigenvalue weighted by molar-refractivity contribution is 7.16. The monoisotopic (exact) mass is 255 g/mol. The van der Waals surface area contributed by atoms with Crippen LogP contribution in [0.15, 0.2) is 30.3 Å². The average Bonchev–Trinajstić information content (AvgIpc) is 2.67. The molecular weight excluding hydrogens is 245 g/mol. The Morgan fingerprint density at radius 3 is 2.81 bits per heavy atom. The van der Waals surface area contributed by atoms with Crippen molar-refractivity contribution in [2.75, 3.05) is 5.32 Å². The van der Waals surface area contributed by atoms with E-state index in [2.05, 4.69) is 5.32 Å². The van der Waals surface area contributed by atoms with Gasteiger partial charge >= 0.3 is 0 Å². The minimum absolute atomic E-state index is 0.186. The second-order valence-corrected chi connectivity index (χ2v) is 5.27. The first-order chi connectivity index (χ1) is 7.66. The maximum absolute atomic E-state index is 13.3. The molecule has 0 radical (unpaired) electrons. The van der Waals surface area contributed by atoms with Crippen molar-refractivity contribution in [3.05, 3.63) is 50.9 Å². The van der Waals surface area contributed by atoms with E-state index >= 15 is 0 Å². The lowest BCUT2D eigenvalue weighted by atomic mass is 10.2. The Hall–Kier alpha value is -1.06. The highest BCUT2D eigenvalue weighted by atomic mass is 35.5. The van der Waals surface area contributed by atoms with Crippen LogP contribution < -0.4 is 5.32 Å². The predicted molar refractivity (Wildman–Crippen MR) is 67.8 cm³/mol. The van der Waals surface area contributed by atoms with Crippen LogP contribution in [0.1, 0.15) is 10.4 Å². The van der Waals surface area contributed by atoms with Gasteiger partial charge in [-0.05, 0) is 31.2 Å². The standard InChI is InChI=1S/C12H11ClFNS/c1-8-10(14)3-2-4-11(8)15-7-9-5-6-12(13)16-9/h2-6,15H,7H2,1H3. The second kappa shape index (κ2) is 4.85. The molecule has 1 heterocycles. The Kier molecular flexibility index (Phi) is 3.46. The van der Waals surface area contributed by atoms with Crippen LogP contribution in [-0.4, -0.2) is 0 Å². The molecule has 0 spiro atoms. The highest BCUT2D eigenvalue weighted by Crippen LogP contribution is 2.23. The molecule has 16 heavy (non-hydrogen) atoms. The zero-order chi connectivity index (χ0) is 11.5. The Balaban J connectivity index is 2.07. The summed E-state index contributed by atoms with van der Waals surface area (Å²) in [6.07, 6.45) is 0. The molecule has 0 amide bonds. The van der Waals surface area contributed by atoms with Gasteiger partial charge in [-0.25, -0.2) is 4.39 Å². The minimum Gasteiger partial charge on any atom is -0.380 e. The first-order valence-electron chi connectivity index (χ1n) is 4.90. The lowest BCUT2D eigenvalue weighted by molar-refractivity contribution is 0.619. The number of hydrogen-bond donors (Lipinski definition) is 1. The molecule has 0 unspecified atom stereocenters. The number of hydrogen-bond acceptors (Lipinski definition) is 2. The summed E-state index contributed by atoms with van der Waals surface area (Å²) >= 11 is 7.36. The highest BCUT2D eigenvalue weighted by Gasteiger charge is 2.03. The number of thiophene rings is 1. The van der Waals surface area contributed by atoms with Crippen molar-refractivity contribution in [1.29, 1.82) is 0 Å². The summed E-state index contributed by atoms with van der Waals surface area (Å²) in [5.41, 5.74) is 1.47. The average molecular weight is 256 g/mol. The van der Waals surface area contributed by atoms with Crippen LogP contribution in [-0.2, 0) is 6.54 Å². The van der Waals surface area contributed by atoms with Gasteiger partial charge in [0.2, 0.25) is 0 Å². The van der Waals surface area contributed by atoms with Gasteiger partial charge in [0.05, 0.1) is 4.34 Å². The van der Waals surface area contributed by atoms with E-state index in [-0.39, 0.29) is 5.82 Å². The summed E-state index contributed by atoms with van der Waals surface area (Å²) < 4.78 is 14.0. The van der Waals surface area contributed by atoms with Crippen LogP contribution in [0.3, 0.4) is 0 Å². The molecule has 0 fully saturated rings. The molecule has 2 aromatic rings. The van der Waals surface area contributed by atoms with Crippen LogP contribution in [0.2, 0.25) is 4.34 Å². The molecule has 0 bridgehead atoms. The molecule has 0 saturated heterocycles. The van der Waals surface area contributed by atoms with Crippen LogP contribution in [0.4, 0.5) is 10.1 Å². The molecule has 84 valence electrons. The zero-order valence-electron chi connectivity index (χ0n) is 8.76. The van der Waals surface area contributed by atoms with Gasteiger partial charge in [-0.15, -0.1) is 11.3 Å². The van der Waals surface area contributed by atoms with Crippen molar-refractivity contribution in [3.63, 3.8) is 0 Å². The number of nitrogens with one attached hydrogen (secondary N) is 1. The third-order valence-electron chi connectivity index (χ3n) is 2.35. The van der Waals surface area contributed by atoms with Crippen molar-refractivity contribution >= 4 is 28.6 Å². The number of anilines is 1. The first kappa shape index (κ1) is 11.4. The van der Waals surface area contributed by atoms with Gasteiger partial charge in [-0.3, -0.25) is 0 Å². The van der Waals surface area contributed by atoms with Crippen molar-refractivity contribution in [2.24, 2.45) is 0 Å². The van der Waals surface area contributed by atoms with Crippen LogP contribution in [0, 0.1) is 12.7 Å². The predicted octanol–water partition coefficient (Wildman–Crippen LogP) is 4.46. The molecule has 0 aliphatic rings. The normalized spacial score (nSPS) is 10.4. The summed E-state index contributed by atoms with van der Waals surface area (Å²) in [6.45, 7) is 2.43. The molecule has 0 aliphatic carbocycles. The van der Waals surface area contributed by atoms with Crippen molar-refractivity contribution in [2.45, 2.75) is 13.5 Å². The Labute approximate surface area is 103 Å². The van der Waals surface area contributed by atoms with E-state index in [0.717, 1.165) is 14.9 Å². The molecule has 2 rings (SSSR count). The Bertz CT molecular complexity index is 496. The number of benzene rings is 1. The number of rotatable bonds is 3. The number of halogens is 2. The Morgan fingerprint density at radius 1 is 1.31 bits per heavy atom. The topological polar surface area (TPSA) is 12.0 Å². The molecule has 4 heteroatoms. The summed E-state index contributed by atoms with van der Waals surface area (Å²) in [4.78, 5) is 1.13. The van der Waals surface area contributed by atoms with Gasteiger partial charge in [-0.1, -0.05) is 17.7 Å². The van der Waals surface area contributed by atoms with E-state index in [1.54, 1.807) is 13.0 Å². The fourth-order valence-corrected chi connectivity index (χ4v) is 2.46. The summed E-state index contributed by atoms with van der Waals surface area (Å²) in [7, 11) is 0. The van der Waals surface area contributed by atoms with Crippen LogP contribution >= 0.6 is 22.9 Å². The molecule has 1 nitrogen and oxygen atoms in total. The zero-order valence-corrected chi connectivity index (χ0v) is 10.3. The van der Waals surface area contributed by atoms with Crippen molar-refractivity contribution in [3.8, 4) is 0 Å². The maximum Gasteiger partial charge on any atom is 0.128 e. The molecule has 1 aromatic heterocycles. The third-order valence-corrected chi connectivity index (χ3v) is 3.58. The van der Waals surface area contributed by atoms with Gasteiger partial charge in [-0.2, -0.15) is 0 Å². The fourth-order valence-electron chi connectivity index (χ4n) is 1.43. The molecule has 1 aromatic carbocycles. The van der Waals surface area contributed by atoms with Crippen molar-refractivity contribution < 1.29 is 4.39 Å². The van der Waals surface area contributed by atoms with E-state index in [0.29, 0.717) is 12.1 Å². The lowest BCUT2D eigenvalue weighted by Gasteiger charge is -2.08. The van der Waals surface area contributed by atoms with Gasteiger partial charge in [0.1, 0.15) is 5.82 Å². The first-order valence-corrected chi connectivity index (χ1v) is 6.09. The summed E-state index contributed by atoms with van der Waals surface area (Å²) in [6, 6.07) is 8.86. The lowest BCUT2D eigenvalue weighted by Crippen LogP contribution is -2.00. The van der Waals surface area contributed by atoms with E-state index in [4.69, 9.17) is 11.6 Å². The molecule has 0 saturated carbocycles. The quantitative estimate of drug-likeness (QED) is 0.854. The van der Waals surface area contributed by atoms with Gasteiger partial charge in [0.15, 0.2) is 0 Å². The summed E-state index contributed by atoms with van der Waals surface area (Å²) in [5, 5.41) is 3.20. The Morgan fingerprint density at radius 2 is 2.12 bits per heavy atom. The molecule has 0 atom stereocenters. The van der Waals surface area contributed by atoms with Gasteiger partial charge in [0.25, 0.3) is 0 Å². The fraction of sp³-hybridized carbons (Fsp3) is 0.167. The SMILES string of the molecule is Cc1c(F)cccc1NCc1ccc(Cl)s1. The van der Waals surface area contributed by atoms with Crippen molar-refractivity contribution in [1.82, 2.24) is 0 Å². The van der Waals surface area contributed by atoms with Crippen LogP contribution in [0.5, 0.6) is 0 Å². The van der Waals surface area contributed by atoms with E-state index in [9.17, 15) is 4.39 Å².